The van der Waals surface area contributed by atoms with E-state index in [0.29, 0.717) is 5.69 Å². The van der Waals surface area contributed by atoms with Crippen LogP contribution in [0.15, 0.2) is 54.4 Å². The smallest absolute Gasteiger partial charge is 0.292 e. The first kappa shape index (κ1) is 14.9. The quantitative estimate of drug-likeness (QED) is 0.501. The third-order valence-corrected chi connectivity index (χ3v) is 2.51. The first-order chi connectivity index (χ1) is 8.99. The minimum Gasteiger partial charge on any atom is -0.349 e. The average molecular weight is 283 g/mol. The molecular weight excluding hydrogens is 271 g/mol. The largest absolute Gasteiger partial charge is 0.349 e. The summed E-state index contributed by atoms with van der Waals surface area (Å²) in [7, 11) is 0. The summed E-state index contributed by atoms with van der Waals surface area (Å²) < 4.78 is 12.9. The van der Waals surface area contributed by atoms with Crippen LogP contribution in [0.4, 0.5) is 10.1 Å². The van der Waals surface area contributed by atoms with Gasteiger partial charge in [-0.05, 0) is 31.2 Å². The number of hydrogen-bond acceptors (Lipinski definition) is 3. The van der Waals surface area contributed by atoms with E-state index in [2.05, 4.69) is 11.9 Å². The van der Waals surface area contributed by atoms with Gasteiger partial charge in [0, 0.05) is 6.08 Å². The highest BCUT2D eigenvalue weighted by molar-refractivity contribution is 6.33. The molecule has 0 aliphatic carbocycles. The minimum atomic E-state index is -0.540. The second-order valence-electron chi connectivity index (χ2n) is 3.51. The Balaban J connectivity index is 3.21. The zero-order valence-corrected chi connectivity index (χ0v) is 10.9. The summed E-state index contributed by atoms with van der Waals surface area (Å²) in [6.07, 6.45) is 4.18. The summed E-state index contributed by atoms with van der Waals surface area (Å²) in [6, 6.07) is 3.72. The van der Waals surface area contributed by atoms with Gasteiger partial charge in [-0.15, -0.1) is 0 Å². The molecule has 0 unspecified atom stereocenters. The summed E-state index contributed by atoms with van der Waals surface area (Å²) in [4.78, 5) is 10.4. The normalized spacial score (nSPS) is 12.2. The maximum absolute atomic E-state index is 12.9. The number of nitrogens with zero attached hydrogens (tertiary/aromatic N) is 1. The second-order valence-corrected chi connectivity index (χ2v) is 3.92. The highest BCUT2D eigenvalue weighted by Gasteiger charge is 2.14. The predicted octanol–water partition coefficient (Wildman–Crippen LogP) is 4.14. The van der Waals surface area contributed by atoms with Crippen LogP contribution < -0.4 is 5.32 Å². The molecule has 0 fully saturated rings. The predicted molar refractivity (Wildman–Crippen MR) is 74.1 cm³/mol. The maximum atomic E-state index is 12.9. The molecular formula is C13H12ClFN2O2. The van der Waals surface area contributed by atoms with Crippen LogP contribution in [0.25, 0.3) is 0 Å². The number of rotatable bonds is 5. The minimum absolute atomic E-state index is 0.127. The molecule has 0 aliphatic heterocycles. The van der Waals surface area contributed by atoms with Crippen molar-refractivity contribution in [2.75, 3.05) is 5.32 Å². The number of anilines is 1. The van der Waals surface area contributed by atoms with Crippen LogP contribution in [0.2, 0.25) is 5.02 Å². The molecule has 0 spiro atoms. The second kappa shape index (κ2) is 6.70. The van der Waals surface area contributed by atoms with Gasteiger partial charge < -0.3 is 5.32 Å². The molecule has 0 bridgehead atoms. The van der Waals surface area contributed by atoms with E-state index in [-0.39, 0.29) is 16.4 Å². The van der Waals surface area contributed by atoms with Crippen molar-refractivity contribution in [3.63, 3.8) is 0 Å². The molecule has 0 saturated carbocycles. The van der Waals surface area contributed by atoms with Gasteiger partial charge in [0.25, 0.3) is 5.70 Å². The number of halogens is 2. The van der Waals surface area contributed by atoms with Crippen molar-refractivity contribution in [2.24, 2.45) is 0 Å². The van der Waals surface area contributed by atoms with E-state index in [1.165, 1.54) is 30.4 Å². The van der Waals surface area contributed by atoms with Gasteiger partial charge in [0.15, 0.2) is 0 Å². The lowest BCUT2D eigenvalue weighted by Crippen LogP contribution is -2.07. The fourth-order valence-electron chi connectivity index (χ4n) is 1.36. The first-order valence-electron chi connectivity index (χ1n) is 5.35. The highest BCUT2D eigenvalue weighted by Crippen LogP contribution is 2.25. The van der Waals surface area contributed by atoms with Crippen LogP contribution in [0, 0.1) is 15.9 Å². The molecule has 0 radical (unpaired) electrons. The fourth-order valence-corrected chi connectivity index (χ4v) is 1.58. The van der Waals surface area contributed by atoms with Gasteiger partial charge in [-0.25, -0.2) is 4.39 Å². The summed E-state index contributed by atoms with van der Waals surface area (Å²) in [5.41, 5.74) is 0.385. The lowest BCUT2D eigenvalue weighted by atomic mass is 10.2. The number of nitrogens with one attached hydrogen (secondary N) is 1. The van der Waals surface area contributed by atoms with Crippen LogP contribution in [0.3, 0.4) is 0 Å². The van der Waals surface area contributed by atoms with Gasteiger partial charge in [0.2, 0.25) is 0 Å². The van der Waals surface area contributed by atoms with Gasteiger partial charge in [0.05, 0.1) is 15.6 Å². The van der Waals surface area contributed by atoms with E-state index in [0.717, 1.165) is 6.07 Å². The Bertz CT molecular complexity index is 568. The topological polar surface area (TPSA) is 55.2 Å². The van der Waals surface area contributed by atoms with E-state index in [1.807, 2.05) is 0 Å². The molecule has 1 aromatic rings. The molecule has 100 valence electrons. The summed E-state index contributed by atoms with van der Waals surface area (Å²) in [5, 5.41) is 13.8. The van der Waals surface area contributed by atoms with Gasteiger partial charge in [-0.2, -0.15) is 0 Å². The van der Waals surface area contributed by atoms with Crippen LogP contribution in [-0.4, -0.2) is 4.92 Å². The van der Waals surface area contributed by atoms with Gasteiger partial charge in [0.1, 0.15) is 11.5 Å². The zero-order valence-electron chi connectivity index (χ0n) is 10.2. The third-order valence-electron chi connectivity index (χ3n) is 2.20. The molecule has 1 rings (SSSR count). The number of hydrogen-bond donors (Lipinski definition) is 1. The van der Waals surface area contributed by atoms with Crippen molar-refractivity contribution >= 4 is 17.3 Å². The van der Waals surface area contributed by atoms with Gasteiger partial charge >= 0.3 is 0 Å². The van der Waals surface area contributed by atoms with Crippen molar-refractivity contribution < 1.29 is 9.31 Å². The van der Waals surface area contributed by atoms with Crippen molar-refractivity contribution in [2.45, 2.75) is 6.92 Å². The van der Waals surface area contributed by atoms with Crippen molar-refractivity contribution in [3.8, 4) is 0 Å². The van der Waals surface area contributed by atoms with E-state index in [1.54, 1.807) is 6.92 Å². The molecule has 1 aromatic carbocycles. The van der Waals surface area contributed by atoms with Gasteiger partial charge in [-0.1, -0.05) is 24.3 Å². The van der Waals surface area contributed by atoms with E-state index in [4.69, 9.17) is 11.6 Å². The monoisotopic (exact) mass is 282 g/mol. The van der Waals surface area contributed by atoms with Crippen LogP contribution in [-0.2, 0) is 0 Å². The molecule has 0 heterocycles. The molecule has 19 heavy (non-hydrogen) atoms. The SMILES string of the molecule is C=C/C(Nc1ccc(F)cc1Cl)=C(\C=C/C)[N+](=O)[O-]. The van der Waals surface area contributed by atoms with Crippen molar-refractivity contribution in [3.05, 3.63) is 75.4 Å². The Hall–Kier alpha value is -2.14. The Morgan fingerprint density at radius 2 is 2.26 bits per heavy atom. The average Bonchev–Trinajstić information content (AvgIpc) is 2.35. The molecule has 4 nitrogen and oxygen atoms in total. The molecule has 0 saturated heterocycles. The standard InChI is InChI=1S/C13H12ClFN2O2/c1-3-5-13(17(18)19)11(4-2)16-12-7-6-9(15)8-10(12)14/h3-8,16H,2H2,1H3/b5-3-,13-11-. The molecule has 6 heteroatoms. The maximum Gasteiger partial charge on any atom is 0.292 e. The Morgan fingerprint density at radius 1 is 1.58 bits per heavy atom. The fraction of sp³-hybridized carbons (Fsp3) is 0.0769. The van der Waals surface area contributed by atoms with E-state index >= 15 is 0 Å². The van der Waals surface area contributed by atoms with Crippen LogP contribution in [0.5, 0.6) is 0 Å². The zero-order chi connectivity index (χ0) is 14.4. The lowest BCUT2D eigenvalue weighted by Gasteiger charge is -2.09. The van der Waals surface area contributed by atoms with Gasteiger partial charge in [-0.3, -0.25) is 10.1 Å². The van der Waals surface area contributed by atoms with Crippen molar-refractivity contribution in [1.29, 1.82) is 0 Å². The summed E-state index contributed by atoms with van der Waals surface area (Å²) in [5.74, 6) is -0.484. The molecule has 0 atom stereocenters. The van der Waals surface area contributed by atoms with E-state index in [9.17, 15) is 14.5 Å². The molecule has 1 N–H and O–H groups in total. The first-order valence-corrected chi connectivity index (χ1v) is 5.73. The number of nitro groups is 1. The Labute approximate surface area is 115 Å². The molecule has 0 aliphatic rings. The van der Waals surface area contributed by atoms with Crippen molar-refractivity contribution in [1.82, 2.24) is 0 Å². The molecule has 0 amide bonds. The third kappa shape index (κ3) is 3.93. The van der Waals surface area contributed by atoms with Crippen LogP contribution in [0.1, 0.15) is 6.92 Å². The Morgan fingerprint density at radius 3 is 2.74 bits per heavy atom. The molecule has 0 aromatic heterocycles. The number of benzene rings is 1. The summed E-state index contributed by atoms with van der Waals surface area (Å²) >= 11 is 5.84. The van der Waals surface area contributed by atoms with Crippen LogP contribution >= 0.6 is 11.6 Å². The summed E-state index contributed by atoms with van der Waals surface area (Å²) in [6.45, 7) is 5.18. The number of allylic oxidation sites excluding steroid dienone is 3. The van der Waals surface area contributed by atoms with E-state index < -0.39 is 10.7 Å². The lowest BCUT2D eigenvalue weighted by molar-refractivity contribution is -0.419. The Kier molecular flexibility index (Phi) is 5.26. The highest BCUT2D eigenvalue weighted by atomic mass is 35.5.